The van der Waals surface area contributed by atoms with Gasteiger partial charge in [-0.1, -0.05) is 25.1 Å². The van der Waals surface area contributed by atoms with Gasteiger partial charge in [-0.2, -0.15) is 0 Å². The first-order valence-electron chi connectivity index (χ1n) is 8.46. The number of hydrogen-bond donors (Lipinski definition) is 1. The Morgan fingerprint density at radius 2 is 2.04 bits per heavy atom. The number of rotatable bonds is 2. The van der Waals surface area contributed by atoms with Crippen LogP contribution in [0.5, 0.6) is 5.75 Å². The number of fused-ring (bicyclic) bond motifs is 4. The summed E-state index contributed by atoms with van der Waals surface area (Å²) < 4.78 is 6.41. The molecule has 2 aromatic carbocycles. The molecule has 2 bridgehead atoms. The third-order valence-electron chi connectivity index (χ3n) is 5.48. The highest BCUT2D eigenvalue weighted by atomic mass is 32.1. The summed E-state index contributed by atoms with van der Waals surface area (Å²) in [6.45, 7) is 6.14. The molecule has 2 aliphatic heterocycles. The van der Waals surface area contributed by atoms with Crippen LogP contribution in [0.25, 0.3) is 0 Å². The summed E-state index contributed by atoms with van der Waals surface area (Å²) in [5, 5.41) is 15.1. The molecule has 4 rings (SSSR count). The first kappa shape index (κ1) is 16.8. The van der Waals surface area contributed by atoms with Crippen LogP contribution in [0.15, 0.2) is 42.5 Å². The Balaban J connectivity index is 1.86. The van der Waals surface area contributed by atoms with Gasteiger partial charge in [0.2, 0.25) is 0 Å². The van der Waals surface area contributed by atoms with Gasteiger partial charge in [-0.25, -0.2) is 0 Å². The predicted octanol–water partition coefficient (Wildman–Crippen LogP) is 4.08. The largest absolute Gasteiger partial charge is 0.467 e. The maximum absolute atomic E-state index is 11.2. The maximum atomic E-state index is 11.2. The van der Waals surface area contributed by atoms with Crippen molar-refractivity contribution in [1.82, 2.24) is 5.32 Å². The zero-order valence-electron chi connectivity index (χ0n) is 14.7. The zero-order chi connectivity index (χ0) is 18.6. The van der Waals surface area contributed by atoms with Gasteiger partial charge in [0.15, 0.2) is 10.8 Å². The van der Waals surface area contributed by atoms with E-state index in [9.17, 15) is 10.1 Å². The van der Waals surface area contributed by atoms with Crippen LogP contribution in [0.3, 0.4) is 0 Å². The van der Waals surface area contributed by atoms with Gasteiger partial charge in [-0.15, -0.1) is 0 Å². The monoisotopic (exact) mass is 369 g/mol. The molecule has 26 heavy (non-hydrogen) atoms. The molecule has 1 saturated heterocycles. The number of benzene rings is 2. The standard InChI is InChI=1S/C19H19N3O3S/c1-11-6-4-5-7-15(11)21-18(26)20-17-12(2)19(21,3)25-16-9-8-13(22(23)24)10-14(16)17/h4-10,12,17H,1-3H3,(H,20,26)/t12-,17+,19-/m0/s1. The van der Waals surface area contributed by atoms with Crippen molar-refractivity contribution in [3.63, 3.8) is 0 Å². The van der Waals surface area contributed by atoms with Crippen molar-refractivity contribution in [3.05, 3.63) is 63.7 Å². The summed E-state index contributed by atoms with van der Waals surface area (Å²) >= 11 is 5.66. The van der Waals surface area contributed by atoms with Crippen LogP contribution in [-0.2, 0) is 0 Å². The molecule has 134 valence electrons. The molecular weight excluding hydrogens is 350 g/mol. The van der Waals surface area contributed by atoms with E-state index >= 15 is 0 Å². The number of anilines is 1. The molecule has 0 spiro atoms. The summed E-state index contributed by atoms with van der Waals surface area (Å²) in [5.41, 5.74) is 2.22. The molecule has 0 radical (unpaired) electrons. The second-order valence-corrected chi connectivity index (χ2v) is 7.36. The second-order valence-electron chi connectivity index (χ2n) is 6.97. The van der Waals surface area contributed by atoms with E-state index in [2.05, 4.69) is 12.2 Å². The molecule has 3 atom stereocenters. The van der Waals surface area contributed by atoms with Gasteiger partial charge >= 0.3 is 0 Å². The lowest BCUT2D eigenvalue weighted by molar-refractivity contribution is -0.385. The number of nitro groups is 1. The number of aryl methyl sites for hydroxylation is 1. The van der Waals surface area contributed by atoms with Crippen LogP contribution in [0.4, 0.5) is 11.4 Å². The number of hydrogen-bond acceptors (Lipinski definition) is 4. The normalized spacial score (nSPS) is 26.6. The fourth-order valence-electron chi connectivity index (χ4n) is 3.89. The van der Waals surface area contributed by atoms with Crippen LogP contribution < -0.4 is 15.0 Å². The van der Waals surface area contributed by atoms with E-state index in [0.29, 0.717) is 10.9 Å². The van der Waals surface area contributed by atoms with Crippen molar-refractivity contribution in [3.8, 4) is 5.75 Å². The molecule has 0 amide bonds. The minimum atomic E-state index is -0.692. The third kappa shape index (κ3) is 2.27. The zero-order valence-corrected chi connectivity index (χ0v) is 15.5. The van der Waals surface area contributed by atoms with E-state index < -0.39 is 5.72 Å². The van der Waals surface area contributed by atoms with E-state index in [1.54, 1.807) is 12.1 Å². The number of nitrogens with zero attached hydrogens (tertiary/aromatic N) is 2. The summed E-state index contributed by atoms with van der Waals surface area (Å²) in [6.07, 6.45) is 0. The number of non-ortho nitro benzene ring substituents is 1. The Morgan fingerprint density at radius 1 is 1.31 bits per heavy atom. The molecule has 2 heterocycles. The second kappa shape index (κ2) is 5.67. The van der Waals surface area contributed by atoms with Crippen molar-refractivity contribution < 1.29 is 9.66 Å². The number of nitrogens with one attached hydrogen (secondary N) is 1. The number of ether oxygens (including phenoxy) is 1. The summed E-state index contributed by atoms with van der Waals surface area (Å²) in [5.74, 6) is 0.665. The lowest BCUT2D eigenvalue weighted by Gasteiger charge is -2.56. The van der Waals surface area contributed by atoms with Gasteiger partial charge in [0.25, 0.3) is 5.69 Å². The van der Waals surface area contributed by atoms with E-state index in [1.807, 2.05) is 43.0 Å². The molecular formula is C19H19N3O3S. The smallest absolute Gasteiger partial charge is 0.270 e. The van der Waals surface area contributed by atoms with E-state index in [-0.39, 0.29) is 22.6 Å². The van der Waals surface area contributed by atoms with Crippen LogP contribution in [0.1, 0.15) is 31.0 Å². The lowest BCUT2D eigenvalue weighted by atomic mass is 9.80. The molecule has 6 nitrogen and oxygen atoms in total. The molecule has 0 saturated carbocycles. The Morgan fingerprint density at radius 3 is 2.73 bits per heavy atom. The average Bonchev–Trinajstić information content (AvgIpc) is 2.59. The topological polar surface area (TPSA) is 67.6 Å². The fourth-order valence-corrected chi connectivity index (χ4v) is 4.30. The molecule has 7 heteroatoms. The van der Waals surface area contributed by atoms with Crippen molar-refractivity contribution >= 4 is 28.7 Å². The van der Waals surface area contributed by atoms with Crippen LogP contribution >= 0.6 is 12.2 Å². The predicted molar refractivity (Wildman–Crippen MR) is 103 cm³/mol. The quantitative estimate of drug-likeness (QED) is 0.489. The number of thiocarbonyl (C=S) groups is 1. The Kier molecular flexibility index (Phi) is 3.66. The van der Waals surface area contributed by atoms with Gasteiger partial charge in [0.1, 0.15) is 5.75 Å². The highest BCUT2D eigenvalue weighted by molar-refractivity contribution is 7.80. The minimum Gasteiger partial charge on any atom is -0.467 e. The van der Waals surface area contributed by atoms with E-state index in [1.165, 1.54) is 6.07 Å². The highest BCUT2D eigenvalue weighted by Crippen LogP contribution is 2.50. The molecule has 1 N–H and O–H groups in total. The van der Waals surface area contributed by atoms with Crippen LogP contribution in [-0.4, -0.2) is 15.8 Å². The summed E-state index contributed by atoms with van der Waals surface area (Å²) in [7, 11) is 0. The summed E-state index contributed by atoms with van der Waals surface area (Å²) in [4.78, 5) is 12.8. The molecule has 2 aromatic rings. The third-order valence-corrected chi connectivity index (χ3v) is 5.78. The summed E-state index contributed by atoms with van der Waals surface area (Å²) in [6, 6.07) is 12.6. The first-order valence-corrected chi connectivity index (χ1v) is 8.87. The van der Waals surface area contributed by atoms with Crippen molar-refractivity contribution in [2.75, 3.05) is 4.90 Å². The van der Waals surface area contributed by atoms with Gasteiger partial charge in [0, 0.05) is 29.3 Å². The average molecular weight is 369 g/mol. The molecule has 0 aromatic heterocycles. The van der Waals surface area contributed by atoms with Gasteiger partial charge in [0.05, 0.1) is 11.0 Å². The first-order chi connectivity index (χ1) is 12.3. The fraction of sp³-hybridized carbons (Fsp3) is 0.316. The van der Waals surface area contributed by atoms with Gasteiger partial charge in [-0.3, -0.25) is 15.0 Å². The Labute approximate surface area is 156 Å². The maximum Gasteiger partial charge on any atom is 0.270 e. The highest BCUT2D eigenvalue weighted by Gasteiger charge is 2.54. The van der Waals surface area contributed by atoms with Gasteiger partial charge in [-0.05, 0) is 43.8 Å². The SMILES string of the molecule is Cc1ccccc1N1C(=S)N[C@H]2c3cc([N+](=O)[O-])ccc3O[C@@]1(C)[C@H]2C. The molecule has 1 fully saturated rings. The van der Waals surface area contributed by atoms with Crippen molar-refractivity contribution in [2.24, 2.45) is 5.92 Å². The molecule has 2 aliphatic rings. The van der Waals surface area contributed by atoms with Gasteiger partial charge < -0.3 is 10.1 Å². The van der Waals surface area contributed by atoms with Crippen molar-refractivity contribution in [2.45, 2.75) is 32.5 Å². The number of nitro benzene ring substituents is 1. The lowest BCUT2D eigenvalue weighted by Crippen LogP contribution is -2.69. The Bertz CT molecular complexity index is 932. The number of para-hydroxylation sites is 1. The van der Waals surface area contributed by atoms with Crippen LogP contribution in [0, 0.1) is 23.0 Å². The minimum absolute atomic E-state index is 0.0170. The van der Waals surface area contributed by atoms with Crippen molar-refractivity contribution in [1.29, 1.82) is 0 Å². The molecule has 0 aliphatic carbocycles. The molecule has 0 unspecified atom stereocenters. The van der Waals surface area contributed by atoms with E-state index in [4.69, 9.17) is 17.0 Å². The Hall–Kier alpha value is -2.67. The van der Waals surface area contributed by atoms with Crippen LogP contribution in [0.2, 0.25) is 0 Å². The van der Waals surface area contributed by atoms with E-state index in [0.717, 1.165) is 16.8 Å².